The molecule has 1 aromatic heterocycles. The Labute approximate surface area is 236 Å². The number of hydrogen-bond donors (Lipinski definition) is 9. The predicted octanol–water partition coefficient (Wildman–Crippen LogP) is -1.39. The zero-order valence-corrected chi connectivity index (χ0v) is 21.9. The fourth-order valence-corrected chi connectivity index (χ4v) is 4.84. The summed E-state index contributed by atoms with van der Waals surface area (Å²) < 4.78 is 28.3. The molecule has 9 N–H and O–H groups in total. The first-order valence-corrected chi connectivity index (χ1v) is 12.9. The van der Waals surface area contributed by atoms with Crippen LogP contribution in [0, 0.1) is 0 Å². The van der Waals surface area contributed by atoms with Gasteiger partial charge in [-0.3, -0.25) is 4.79 Å². The summed E-state index contributed by atoms with van der Waals surface area (Å²) in [5, 5.41) is 91.2. The van der Waals surface area contributed by atoms with Crippen LogP contribution in [0.15, 0.2) is 45.6 Å². The van der Waals surface area contributed by atoms with E-state index in [1.54, 1.807) is 0 Å². The van der Waals surface area contributed by atoms with Crippen molar-refractivity contribution in [3.8, 4) is 34.3 Å². The molecule has 2 fully saturated rings. The van der Waals surface area contributed by atoms with E-state index in [2.05, 4.69) is 0 Å². The molecule has 2 aliphatic rings. The number of aromatic hydroxyl groups is 3. The largest absolute Gasteiger partial charge is 0.507 e. The molecule has 5 rings (SSSR count). The molecule has 0 spiro atoms. The Morgan fingerprint density at radius 2 is 1.52 bits per heavy atom. The Bertz CT molecular complexity index is 1490. The van der Waals surface area contributed by atoms with Crippen LogP contribution in [0.5, 0.6) is 23.0 Å². The van der Waals surface area contributed by atoms with E-state index in [0.29, 0.717) is 0 Å². The van der Waals surface area contributed by atoms with Gasteiger partial charge >= 0.3 is 0 Å². The van der Waals surface area contributed by atoms with Crippen molar-refractivity contribution in [3.63, 3.8) is 0 Å². The summed E-state index contributed by atoms with van der Waals surface area (Å²) in [6, 6.07) is 7.08. The normalized spacial score (nSPS) is 33.5. The standard InChI is InChI=1S/C27H30O15/c1-9-20(33)22(35)24(37)26(38-9)42-25-23(36)21(34)18(8-28)41-27(25)39-11-5-14(31)19-15(32)7-16(40-17(19)6-11)10-2-3-12(29)13(30)4-10/h2-7,9,18,20-31,33-37H,8H2,1H3/t9-,18+,20+,21+,22+,23-,24+,25+,26-,27+/m0/s1. The van der Waals surface area contributed by atoms with E-state index in [4.69, 9.17) is 23.4 Å². The molecule has 2 aliphatic heterocycles. The lowest BCUT2D eigenvalue weighted by atomic mass is 9.97. The van der Waals surface area contributed by atoms with Crippen LogP contribution in [0.1, 0.15) is 6.92 Å². The second-order valence-corrected chi connectivity index (χ2v) is 10.1. The fraction of sp³-hybridized carbons (Fsp3) is 0.444. The average Bonchev–Trinajstić information content (AvgIpc) is 2.95. The Kier molecular flexibility index (Phi) is 8.30. The number of rotatable bonds is 6. The third kappa shape index (κ3) is 5.49. The van der Waals surface area contributed by atoms with Crippen LogP contribution < -0.4 is 10.2 Å². The topological polar surface area (TPSA) is 249 Å². The first kappa shape index (κ1) is 30.0. The first-order valence-electron chi connectivity index (χ1n) is 12.9. The Morgan fingerprint density at radius 3 is 2.21 bits per heavy atom. The van der Waals surface area contributed by atoms with Gasteiger partial charge in [0.1, 0.15) is 64.9 Å². The van der Waals surface area contributed by atoms with Crippen molar-refractivity contribution < 1.29 is 69.3 Å². The molecule has 10 atom stereocenters. The highest BCUT2D eigenvalue weighted by atomic mass is 16.8. The molecule has 0 bridgehead atoms. The molecule has 42 heavy (non-hydrogen) atoms. The molecular formula is C27H30O15. The zero-order valence-electron chi connectivity index (χ0n) is 21.9. The number of fused-ring (bicyclic) bond motifs is 1. The molecule has 0 amide bonds. The highest BCUT2D eigenvalue weighted by Gasteiger charge is 2.50. The summed E-state index contributed by atoms with van der Waals surface area (Å²) in [5.41, 5.74) is -0.575. The number of aliphatic hydroxyl groups excluding tert-OH is 6. The number of phenolic OH excluding ortho intramolecular Hbond substituents is 3. The van der Waals surface area contributed by atoms with Gasteiger partial charge in [-0.25, -0.2) is 0 Å². The molecule has 0 radical (unpaired) electrons. The first-order chi connectivity index (χ1) is 19.9. The predicted molar refractivity (Wildman–Crippen MR) is 139 cm³/mol. The summed E-state index contributed by atoms with van der Waals surface area (Å²) >= 11 is 0. The van der Waals surface area contributed by atoms with Crippen LogP contribution in [0.25, 0.3) is 22.3 Å². The van der Waals surface area contributed by atoms with E-state index >= 15 is 0 Å². The second-order valence-electron chi connectivity index (χ2n) is 10.1. The molecule has 228 valence electrons. The minimum Gasteiger partial charge on any atom is -0.507 e. The molecule has 2 aromatic carbocycles. The Hall–Kier alpha value is -3.51. The van der Waals surface area contributed by atoms with Gasteiger partial charge in [0, 0.05) is 23.8 Å². The lowest BCUT2D eigenvalue weighted by molar-refractivity contribution is -0.354. The van der Waals surface area contributed by atoms with Crippen LogP contribution >= 0.6 is 0 Å². The van der Waals surface area contributed by atoms with Gasteiger partial charge in [0.2, 0.25) is 6.29 Å². The van der Waals surface area contributed by atoms with Gasteiger partial charge in [0.15, 0.2) is 29.3 Å². The van der Waals surface area contributed by atoms with Crippen molar-refractivity contribution in [3.05, 3.63) is 46.6 Å². The smallest absolute Gasteiger partial charge is 0.229 e. The fourth-order valence-electron chi connectivity index (χ4n) is 4.84. The Morgan fingerprint density at radius 1 is 0.786 bits per heavy atom. The van der Waals surface area contributed by atoms with E-state index < -0.39 is 84.9 Å². The third-order valence-electron chi connectivity index (χ3n) is 7.22. The number of phenols is 3. The number of benzene rings is 2. The van der Waals surface area contributed by atoms with Crippen molar-refractivity contribution in [2.75, 3.05) is 6.61 Å². The number of ether oxygens (including phenoxy) is 4. The van der Waals surface area contributed by atoms with Crippen LogP contribution in [-0.4, -0.2) is 114 Å². The number of aliphatic hydroxyl groups is 6. The molecule has 3 heterocycles. The van der Waals surface area contributed by atoms with Crippen LogP contribution in [0.4, 0.5) is 0 Å². The average molecular weight is 595 g/mol. The number of hydrogen-bond acceptors (Lipinski definition) is 15. The Balaban J connectivity index is 1.48. The maximum absolute atomic E-state index is 12.8. The molecule has 0 unspecified atom stereocenters. The molecule has 0 aliphatic carbocycles. The van der Waals surface area contributed by atoms with E-state index in [1.807, 2.05) is 0 Å². The van der Waals surface area contributed by atoms with Gasteiger partial charge in [0.05, 0.1) is 12.7 Å². The van der Waals surface area contributed by atoms with Crippen molar-refractivity contribution in [2.45, 2.75) is 68.3 Å². The zero-order chi connectivity index (χ0) is 30.5. The van der Waals surface area contributed by atoms with Crippen molar-refractivity contribution >= 4 is 11.0 Å². The van der Waals surface area contributed by atoms with E-state index in [1.165, 1.54) is 25.1 Å². The summed E-state index contributed by atoms with van der Waals surface area (Å²) in [5.74, 6) is -1.60. The molecule has 15 nitrogen and oxygen atoms in total. The molecule has 0 saturated carbocycles. The van der Waals surface area contributed by atoms with Gasteiger partial charge in [-0.2, -0.15) is 0 Å². The molecule has 2 saturated heterocycles. The van der Waals surface area contributed by atoms with Gasteiger partial charge < -0.3 is 69.3 Å². The summed E-state index contributed by atoms with van der Waals surface area (Å²) in [6.45, 7) is 0.671. The van der Waals surface area contributed by atoms with Crippen molar-refractivity contribution in [2.24, 2.45) is 0 Å². The molecule has 15 heteroatoms. The van der Waals surface area contributed by atoms with Crippen LogP contribution in [-0.2, 0) is 14.2 Å². The quantitative estimate of drug-likeness (QED) is 0.149. The van der Waals surface area contributed by atoms with Gasteiger partial charge in [-0.05, 0) is 25.1 Å². The lowest BCUT2D eigenvalue weighted by Crippen LogP contribution is -2.64. The summed E-state index contributed by atoms with van der Waals surface area (Å²) in [6.07, 6.45) is -15.5. The monoisotopic (exact) mass is 594 g/mol. The van der Waals surface area contributed by atoms with Crippen molar-refractivity contribution in [1.29, 1.82) is 0 Å². The van der Waals surface area contributed by atoms with E-state index in [9.17, 15) is 50.8 Å². The highest BCUT2D eigenvalue weighted by Crippen LogP contribution is 2.36. The maximum Gasteiger partial charge on any atom is 0.229 e. The third-order valence-corrected chi connectivity index (χ3v) is 7.22. The van der Waals surface area contributed by atoms with Gasteiger partial charge in [-0.15, -0.1) is 0 Å². The van der Waals surface area contributed by atoms with Crippen LogP contribution in [0.2, 0.25) is 0 Å². The molecule has 3 aromatic rings. The lowest BCUT2D eigenvalue weighted by Gasteiger charge is -2.45. The molecular weight excluding hydrogens is 564 g/mol. The minimum absolute atomic E-state index is 0.0216. The van der Waals surface area contributed by atoms with E-state index in [0.717, 1.165) is 18.2 Å². The second kappa shape index (κ2) is 11.6. The van der Waals surface area contributed by atoms with Gasteiger partial charge in [0.25, 0.3) is 0 Å². The van der Waals surface area contributed by atoms with Crippen molar-refractivity contribution in [1.82, 2.24) is 0 Å². The maximum atomic E-state index is 12.8. The van der Waals surface area contributed by atoms with E-state index in [-0.39, 0.29) is 33.8 Å². The summed E-state index contributed by atoms with van der Waals surface area (Å²) in [7, 11) is 0. The SMILES string of the molecule is C[C@@H]1O[C@@H](O[C@H]2[C@H](Oc3cc(O)c4c(=O)cc(-c5ccc(O)c(O)c5)oc4c3)O[C@H](CO)[C@@H](O)[C@@H]2O)[C@H](O)[C@H](O)[C@@H]1O. The highest BCUT2D eigenvalue weighted by molar-refractivity contribution is 5.86. The summed E-state index contributed by atoms with van der Waals surface area (Å²) in [4.78, 5) is 12.8. The van der Waals surface area contributed by atoms with Gasteiger partial charge in [-0.1, -0.05) is 0 Å². The minimum atomic E-state index is -1.78. The van der Waals surface area contributed by atoms with Crippen LogP contribution in [0.3, 0.4) is 0 Å².